The third kappa shape index (κ3) is 2.59. The molecule has 1 aromatic rings. The Bertz CT molecular complexity index is 548. The third-order valence-corrected chi connectivity index (χ3v) is 2.59. The monoisotopic (exact) mass is 262 g/mol. The molecule has 0 aromatic heterocycles. The number of hydroxylamine groups is 2. The molecule has 1 aliphatic rings. The van der Waals surface area contributed by atoms with Crippen LogP contribution in [0.5, 0.6) is 0 Å². The Kier molecular flexibility index (Phi) is 3.28. The van der Waals surface area contributed by atoms with Crippen molar-refractivity contribution in [2.75, 3.05) is 0 Å². The van der Waals surface area contributed by atoms with Crippen LogP contribution >= 0.6 is 0 Å². The number of amides is 3. The molecule has 1 fully saturated rings. The summed E-state index contributed by atoms with van der Waals surface area (Å²) >= 11 is 0. The molecule has 0 radical (unpaired) electrons. The van der Waals surface area contributed by atoms with Crippen LogP contribution in [0.15, 0.2) is 24.3 Å². The van der Waals surface area contributed by atoms with E-state index in [1.807, 2.05) is 0 Å². The van der Waals surface area contributed by atoms with Crippen molar-refractivity contribution >= 4 is 23.7 Å². The second-order valence-electron chi connectivity index (χ2n) is 3.90. The van der Waals surface area contributed by atoms with Crippen LogP contribution in [-0.2, 0) is 14.4 Å². The molecule has 0 aliphatic carbocycles. The van der Waals surface area contributed by atoms with Crippen molar-refractivity contribution in [3.63, 3.8) is 0 Å². The summed E-state index contributed by atoms with van der Waals surface area (Å²) in [5, 5.41) is 0.463. The maximum absolute atomic E-state index is 11.7. The Morgan fingerprint density at radius 1 is 1.00 bits per heavy atom. The minimum atomic E-state index is -0.848. The molecule has 0 spiro atoms. The molecule has 0 unspecified atom stereocenters. The average Bonchev–Trinajstić information content (AvgIpc) is 2.70. The van der Waals surface area contributed by atoms with Crippen LogP contribution in [0.2, 0.25) is 0 Å². The van der Waals surface area contributed by atoms with Gasteiger partial charge in [-0.05, 0) is 24.3 Å². The zero-order valence-corrected chi connectivity index (χ0v) is 9.79. The number of nitrogens with zero attached hydrogens (tertiary/aromatic N) is 1. The first-order chi connectivity index (χ1) is 8.99. The van der Waals surface area contributed by atoms with Gasteiger partial charge in [0, 0.05) is 18.4 Å². The van der Waals surface area contributed by atoms with E-state index in [9.17, 15) is 19.2 Å². The molecule has 1 aromatic carbocycles. The van der Waals surface area contributed by atoms with E-state index in [-0.39, 0.29) is 24.0 Å². The van der Waals surface area contributed by atoms with Gasteiger partial charge in [-0.1, -0.05) is 0 Å². The highest BCUT2D eigenvalue weighted by Gasteiger charge is 2.33. The Labute approximate surface area is 107 Å². The molecule has 1 aliphatic heterocycles. The molecule has 0 atom stereocenters. The Morgan fingerprint density at radius 2 is 1.47 bits per heavy atom. The normalized spacial score (nSPS) is 14.6. The number of carbonyl (C=O) groups is 4. The second kappa shape index (κ2) is 4.89. The first kappa shape index (κ1) is 12.7. The standard InChI is InChI=1S/C12H10N2O5/c13-11(17)7-1-3-8(4-2-7)12(18)19-14-9(15)5-6-10(14)16/h1-4H,5-6H2,(H2,13,17). The van der Waals surface area contributed by atoms with Gasteiger partial charge in [0.2, 0.25) is 5.91 Å². The number of primary amides is 1. The van der Waals surface area contributed by atoms with Gasteiger partial charge in [-0.25, -0.2) is 4.79 Å². The van der Waals surface area contributed by atoms with E-state index in [1.165, 1.54) is 24.3 Å². The molecule has 7 nitrogen and oxygen atoms in total. The molecular weight excluding hydrogens is 252 g/mol. The van der Waals surface area contributed by atoms with Crippen molar-refractivity contribution in [3.05, 3.63) is 35.4 Å². The zero-order valence-electron chi connectivity index (χ0n) is 9.79. The molecule has 1 heterocycles. The number of hydrogen-bond acceptors (Lipinski definition) is 5. The molecule has 2 N–H and O–H groups in total. The Morgan fingerprint density at radius 3 is 1.95 bits per heavy atom. The molecule has 2 rings (SSSR count). The topological polar surface area (TPSA) is 107 Å². The third-order valence-electron chi connectivity index (χ3n) is 2.59. The summed E-state index contributed by atoms with van der Waals surface area (Å²) in [4.78, 5) is 49.8. The number of rotatable bonds is 3. The lowest BCUT2D eigenvalue weighted by Crippen LogP contribution is -2.32. The lowest BCUT2D eigenvalue weighted by atomic mass is 10.1. The molecule has 98 valence electrons. The van der Waals surface area contributed by atoms with Crippen molar-refractivity contribution in [1.82, 2.24) is 5.06 Å². The lowest BCUT2D eigenvalue weighted by Gasteiger charge is -2.12. The number of carbonyl (C=O) groups excluding carboxylic acids is 4. The van der Waals surface area contributed by atoms with Crippen LogP contribution in [0.1, 0.15) is 33.6 Å². The van der Waals surface area contributed by atoms with Gasteiger partial charge in [0.05, 0.1) is 5.56 Å². The van der Waals surface area contributed by atoms with Crippen molar-refractivity contribution < 1.29 is 24.0 Å². The summed E-state index contributed by atoms with van der Waals surface area (Å²) in [6.07, 6.45) is 0.0689. The molecule has 0 saturated carbocycles. The van der Waals surface area contributed by atoms with Gasteiger partial charge in [0.1, 0.15) is 0 Å². The minimum Gasteiger partial charge on any atom is -0.366 e. The van der Waals surface area contributed by atoms with Gasteiger partial charge < -0.3 is 10.6 Å². The predicted molar refractivity (Wildman–Crippen MR) is 61.5 cm³/mol. The summed E-state index contributed by atoms with van der Waals surface area (Å²) in [6.45, 7) is 0. The van der Waals surface area contributed by atoms with E-state index in [0.717, 1.165) is 0 Å². The molecule has 19 heavy (non-hydrogen) atoms. The van der Waals surface area contributed by atoms with Gasteiger partial charge in [-0.15, -0.1) is 5.06 Å². The van der Waals surface area contributed by atoms with Crippen molar-refractivity contribution in [2.24, 2.45) is 5.73 Å². The highest BCUT2D eigenvalue weighted by molar-refractivity contribution is 6.03. The molecule has 7 heteroatoms. The molecular formula is C12H10N2O5. The van der Waals surface area contributed by atoms with Crippen molar-refractivity contribution in [2.45, 2.75) is 12.8 Å². The molecule has 1 saturated heterocycles. The summed E-state index contributed by atoms with van der Waals surface area (Å²) in [5.74, 6) is -2.57. The van der Waals surface area contributed by atoms with E-state index in [4.69, 9.17) is 10.6 Å². The van der Waals surface area contributed by atoms with E-state index < -0.39 is 23.7 Å². The van der Waals surface area contributed by atoms with Crippen molar-refractivity contribution in [3.8, 4) is 0 Å². The largest absolute Gasteiger partial charge is 0.366 e. The first-order valence-corrected chi connectivity index (χ1v) is 5.47. The van der Waals surface area contributed by atoms with Crippen LogP contribution in [-0.4, -0.2) is 28.8 Å². The first-order valence-electron chi connectivity index (χ1n) is 5.47. The molecule has 3 amide bonds. The average molecular weight is 262 g/mol. The quantitative estimate of drug-likeness (QED) is 0.772. The van der Waals surface area contributed by atoms with Crippen molar-refractivity contribution in [1.29, 1.82) is 0 Å². The lowest BCUT2D eigenvalue weighted by molar-refractivity contribution is -0.172. The van der Waals surface area contributed by atoms with Crippen LogP contribution < -0.4 is 5.73 Å². The van der Waals surface area contributed by atoms with E-state index in [1.54, 1.807) is 0 Å². The van der Waals surface area contributed by atoms with Gasteiger partial charge in [0.15, 0.2) is 0 Å². The Hall–Kier alpha value is -2.70. The summed E-state index contributed by atoms with van der Waals surface area (Å²) < 4.78 is 0. The van der Waals surface area contributed by atoms with E-state index in [0.29, 0.717) is 5.06 Å². The number of imide groups is 1. The van der Waals surface area contributed by atoms with Gasteiger partial charge in [0.25, 0.3) is 11.8 Å². The summed E-state index contributed by atoms with van der Waals surface area (Å²) in [5.41, 5.74) is 5.41. The predicted octanol–water partition coefficient (Wildman–Crippen LogP) is 0.00630. The van der Waals surface area contributed by atoms with Gasteiger partial charge in [-0.2, -0.15) is 0 Å². The smallest absolute Gasteiger partial charge is 0.363 e. The summed E-state index contributed by atoms with van der Waals surface area (Å²) in [7, 11) is 0. The number of hydrogen-bond donors (Lipinski definition) is 1. The fourth-order valence-electron chi connectivity index (χ4n) is 1.56. The Balaban J connectivity index is 2.09. The number of benzene rings is 1. The highest BCUT2D eigenvalue weighted by atomic mass is 16.7. The SMILES string of the molecule is NC(=O)c1ccc(C(=O)ON2C(=O)CCC2=O)cc1. The second-order valence-corrected chi connectivity index (χ2v) is 3.90. The fourth-order valence-corrected chi connectivity index (χ4v) is 1.56. The minimum absolute atomic E-state index is 0.0345. The zero-order chi connectivity index (χ0) is 14.0. The maximum Gasteiger partial charge on any atom is 0.363 e. The summed E-state index contributed by atoms with van der Waals surface area (Å²) in [6, 6.07) is 5.36. The maximum atomic E-state index is 11.7. The fraction of sp³-hybridized carbons (Fsp3) is 0.167. The molecule has 0 bridgehead atoms. The van der Waals surface area contributed by atoms with Crippen LogP contribution in [0, 0.1) is 0 Å². The van der Waals surface area contributed by atoms with E-state index in [2.05, 4.69) is 0 Å². The van der Waals surface area contributed by atoms with Crippen LogP contribution in [0.25, 0.3) is 0 Å². The van der Waals surface area contributed by atoms with Gasteiger partial charge >= 0.3 is 5.97 Å². The van der Waals surface area contributed by atoms with Crippen LogP contribution in [0.4, 0.5) is 0 Å². The highest BCUT2D eigenvalue weighted by Crippen LogP contribution is 2.14. The van der Waals surface area contributed by atoms with Gasteiger partial charge in [-0.3, -0.25) is 14.4 Å². The van der Waals surface area contributed by atoms with Crippen LogP contribution in [0.3, 0.4) is 0 Å². The number of nitrogens with two attached hydrogens (primary N) is 1. The van der Waals surface area contributed by atoms with E-state index >= 15 is 0 Å².